The number of nitrogen functional groups attached to an aromatic ring is 1. The van der Waals surface area contributed by atoms with E-state index in [1.807, 2.05) is 14.1 Å². The third kappa shape index (κ3) is 2.85. The lowest BCUT2D eigenvalue weighted by Crippen LogP contribution is -2.32. The summed E-state index contributed by atoms with van der Waals surface area (Å²) in [5, 5.41) is 9.28. The molecular weight excluding hydrogens is 232 g/mol. The molecule has 0 radical (unpaired) electrons. The number of aliphatic hydroxyl groups excluding tert-OH is 1. The van der Waals surface area contributed by atoms with Gasteiger partial charge < -0.3 is 15.7 Å². The van der Waals surface area contributed by atoms with Crippen LogP contribution >= 0.6 is 0 Å². The van der Waals surface area contributed by atoms with E-state index in [4.69, 9.17) is 5.73 Å². The van der Waals surface area contributed by atoms with Crippen LogP contribution in [0.25, 0.3) is 0 Å². The van der Waals surface area contributed by atoms with E-state index in [0.717, 1.165) is 19.4 Å². The minimum Gasteiger partial charge on any atom is -0.395 e. The molecule has 2 heterocycles. The van der Waals surface area contributed by atoms with Crippen molar-refractivity contribution >= 4 is 11.9 Å². The second kappa shape index (κ2) is 5.45. The SMILES string of the molecule is CN(C)c1nc(N)nc(CN2CCC[C@H]2CO)n1. The van der Waals surface area contributed by atoms with Gasteiger partial charge in [-0.2, -0.15) is 15.0 Å². The Labute approximate surface area is 107 Å². The van der Waals surface area contributed by atoms with Crippen LogP contribution in [0.15, 0.2) is 0 Å². The first-order valence-electron chi connectivity index (χ1n) is 6.13. The highest BCUT2D eigenvalue weighted by molar-refractivity contribution is 5.32. The number of hydrogen-bond acceptors (Lipinski definition) is 7. The number of nitrogens with two attached hydrogens (primary N) is 1. The molecule has 2 rings (SSSR count). The lowest BCUT2D eigenvalue weighted by atomic mass is 10.2. The first-order valence-corrected chi connectivity index (χ1v) is 6.13. The van der Waals surface area contributed by atoms with E-state index in [0.29, 0.717) is 18.3 Å². The zero-order chi connectivity index (χ0) is 13.1. The normalized spacial score (nSPS) is 20.3. The summed E-state index contributed by atoms with van der Waals surface area (Å²) < 4.78 is 0. The Kier molecular flexibility index (Phi) is 3.93. The molecule has 0 spiro atoms. The molecule has 0 bridgehead atoms. The highest BCUT2D eigenvalue weighted by atomic mass is 16.3. The van der Waals surface area contributed by atoms with E-state index in [-0.39, 0.29) is 18.6 Å². The van der Waals surface area contributed by atoms with E-state index in [1.165, 1.54) is 0 Å². The Balaban J connectivity index is 2.13. The van der Waals surface area contributed by atoms with Gasteiger partial charge in [0.05, 0.1) is 13.2 Å². The van der Waals surface area contributed by atoms with Gasteiger partial charge in [-0.05, 0) is 19.4 Å². The van der Waals surface area contributed by atoms with Gasteiger partial charge in [-0.25, -0.2) is 0 Å². The number of hydrogen-bond donors (Lipinski definition) is 2. The van der Waals surface area contributed by atoms with E-state index >= 15 is 0 Å². The minimum atomic E-state index is 0.182. The summed E-state index contributed by atoms with van der Waals surface area (Å²) >= 11 is 0. The van der Waals surface area contributed by atoms with Crippen LogP contribution in [0, 0.1) is 0 Å². The van der Waals surface area contributed by atoms with Crippen LogP contribution < -0.4 is 10.6 Å². The lowest BCUT2D eigenvalue weighted by molar-refractivity contribution is 0.151. The third-order valence-electron chi connectivity index (χ3n) is 3.14. The molecule has 1 atom stereocenters. The third-order valence-corrected chi connectivity index (χ3v) is 3.14. The number of nitrogens with zero attached hydrogens (tertiary/aromatic N) is 5. The van der Waals surface area contributed by atoms with Gasteiger partial charge in [-0.1, -0.05) is 0 Å². The van der Waals surface area contributed by atoms with Crippen LogP contribution in [0.4, 0.5) is 11.9 Å². The summed E-state index contributed by atoms with van der Waals surface area (Å²) in [5.41, 5.74) is 5.68. The molecule has 18 heavy (non-hydrogen) atoms. The number of rotatable bonds is 4. The molecule has 100 valence electrons. The maximum atomic E-state index is 9.28. The summed E-state index contributed by atoms with van der Waals surface area (Å²) in [6.45, 7) is 1.76. The molecule has 1 saturated heterocycles. The highest BCUT2D eigenvalue weighted by Crippen LogP contribution is 2.19. The molecule has 0 aromatic carbocycles. The minimum absolute atomic E-state index is 0.182. The van der Waals surface area contributed by atoms with Crippen LogP contribution in [0.5, 0.6) is 0 Å². The molecule has 1 aromatic rings. The number of aliphatic hydroxyl groups is 1. The van der Waals surface area contributed by atoms with E-state index in [9.17, 15) is 5.11 Å². The maximum absolute atomic E-state index is 9.28. The second-order valence-electron chi connectivity index (χ2n) is 4.75. The molecular formula is C11H20N6O. The smallest absolute Gasteiger partial charge is 0.229 e. The molecule has 7 nitrogen and oxygen atoms in total. The van der Waals surface area contributed by atoms with Crippen molar-refractivity contribution in [3.05, 3.63) is 5.82 Å². The Morgan fingerprint density at radius 3 is 2.83 bits per heavy atom. The predicted molar refractivity (Wildman–Crippen MR) is 69.1 cm³/mol. The first-order chi connectivity index (χ1) is 8.60. The van der Waals surface area contributed by atoms with Crippen molar-refractivity contribution in [2.45, 2.75) is 25.4 Å². The second-order valence-corrected chi connectivity index (χ2v) is 4.75. The Hall–Kier alpha value is -1.47. The van der Waals surface area contributed by atoms with Gasteiger partial charge in [0.2, 0.25) is 11.9 Å². The molecule has 1 fully saturated rings. The molecule has 3 N–H and O–H groups in total. The maximum Gasteiger partial charge on any atom is 0.229 e. The molecule has 0 saturated carbocycles. The van der Waals surface area contributed by atoms with E-state index < -0.39 is 0 Å². The summed E-state index contributed by atoms with van der Waals surface area (Å²) in [6, 6.07) is 0.214. The zero-order valence-corrected chi connectivity index (χ0v) is 10.9. The molecule has 1 aliphatic heterocycles. The van der Waals surface area contributed by atoms with Gasteiger partial charge in [-0.3, -0.25) is 4.90 Å². The van der Waals surface area contributed by atoms with Gasteiger partial charge in [0.15, 0.2) is 0 Å². The fraction of sp³-hybridized carbons (Fsp3) is 0.727. The van der Waals surface area contributed by atoms with E-state index in [2.05, 4.69) is 19.9 Å². The fourth-order valence-corrected chi connectivity index (χ4v) is 2.19. The predicted octanol–water partition coefficient (Wildman–Crippen LogP) is -0.523. The van der Waals surface area contributed by atoms with Crippen molar-refractivity contribution in [1.29, 1.82) is 0 Å². The molecule has 0 aliphatic carbocycles. The first kappa shape index (κ1) is 13.0. The molecule has 0 unspecified atom stereocenters. The zero-order valence-electron chi connectivity index (χ0n) is 10.9. The van der Waals surface area contributed by atoms with Gasteiger partial charge in [-0.15, -0.1) is 0 Å². The van der Waals surface area contributed by atoms with Crippen LogP contribution in [0.2, 0.25) is 0 Å². The number of likely N-dealkylation sites (tertiary alicyclic amines) is 1. The van der Waals surface area contributed by atoms with Crippen LogP contribution in [-0.4, -0.2) is 58.2 Å². The summed E-state index contributed by atoms with van der Waals surface area (Å²) in [6.07, 6.45) is 2.13. The Morgan fingerprint density at radius 2 is 2.17 bits per heavy atom. The molecule has 7 heteroatoms. The van der Waals surface area contributed by atoms with Crippen molar-refractivity contribution in [3.8, 4) is 0 Å². The standard InChI is InChI=1S/C11H20N6O/c1-16(2)11-14-9(13-10(12)15-11)6-17-5-3-4-8(17)7-18/h8,18H,3-7H2,1-2H3,(H2,12,13,14,15)/t8-/m0/s1. The largest absolute Gasteiger partial charge is 0.395 e. The summed E-state index contributed by atoms with van der Waals surface area (Å²) in [5.74, 6) is 1.47. The van der Waals surface area contributed by atoms with Crippen LogP contribution in [0.1, 0.15) is 18.7 Å². The van der Waals surface area contributed by atoms with Crippen LogP contribution in [-0.2, 0) is 6.54 Å². The van der Waals surface area contributed by atoms with Gasteiger partial charge in [0.25, 0.3) is 0 Å². The summed E-state index contributed by atoms with van der Waals surface area (Å²) in [7, 11) is 3.73. The Bertz CT molecular complexity index is 411. The molecule has 1 aromatic heterocycles. The molecule has 0 amide bonds. The summed E-state index contributed by atoms with van der Waals surface area (Å²) in [4.78, 5) is 16.6. The van der Waals surface area contributed by atoms with Crippen molar-refractivity contribution in [2.75, 3.05) is 37.9 Å². The quantitative estimate of drug-likeness (QED) is 0.744. The van der Waals surface area contributed by atoms with Gasteiger partial charge >= 0.3 is 0 Å². The van der Waals surface area contributed by atoms with Crippen molar-refractivity contribution < 1.29 is 5.11 Å². The van der Waals surface area contributed by atoms with Crippen molar-refractivity contribution in [1.82, 2.24) is 19.9 Å². The fourth-order valence-electron chi connectivity index (χ4n) is 2.19. The average molecular weight is 252 g/mol. The van der Waals surface area contributed by atoms with Crippen molar-refractivity contribution in [2.24, 2.45) is 0 Å². The average Bonchev–Trinajstić information content (AvgIpc) is 2.75. The Morgan fingerprint density at radius 1 is 1.39 bits per heavy atom. The van der Waals surface area contributed by atoms with Crippen molar-refractivity contribution in [3.63, 3.8) is 0 Å². The van der Waals surface area contributed by atoms with Crippen LogP contribution in [0.3, 0.4) is 0 Å². The topological polar surface area (TPSA) is 91.4 Å². The van der Waals surface area contributed by atoms with E-state index in [1.54, 1.807) is 4.90 Å². The van der Waals surface area contributed by atoms with Gasteiger partial charge in [0.1, 0.15) is 5.82 Å². The molecule has 1 aliphatic rings. The monoisotopic (exact) mass is 252 g/mol. The lowest BCUT2D eigenvalue weighted by Gasteiger charge is -2.22. The number of anilines is 2. The van der Waals surface area contributed by atoms with Gasteiger partial charge in [0, 0.05) is 20.1 Å². The number of aromatic nitrogens is 3. The highest BCUT2D eigenvalue weighted by Gasteiger charge is 2.24.